The Morgan fingerprint density at radius 3 is 2.76 bits per heavy atom. The number of methoxy groups -OCH3 is 1. The number of nitrogens with zero attached hydrogens (tertiary/aromatic N) is 1. The van der Waals surface area contributed by atoms with Gasteiger partial charge in [-0.1, -0.05) is 12.1 Å². The maximum atomic E-state index is 12.4. The van der Waals surface area contributed by atoms with Crippen molar-refractivity contribution in [3.63, 3.8) is 0 Å². The summed E-state index contributed by atoms with van der Waals surface area (Å²) in [4.78, 5) is 14.4. The second-order valence-electron chi connectivity index (χ2n) is 5.53. The molecule has 1 saturated heterocycles. The third-order valence-corrected chi connectivity index (χ3v) is 3.94. The topological polar surface area (TPSA) is 38.8 Å². The van der Waals surface area contributed by atoms with E-state index in [1.807, 2.05) is 36.1 Å². The molecule has 4 nitrogen and oxygen atoms in total. The van der Waals surface area contributed by atoms with Gasteiger partial charge in [0.05, 0.1) is 20.1 Å². The van der Waals surface area contributed by atoms with E-state index < -0.39 is 0 Å². The van der Waals surface area contributed by atoms with Crippen molar-refractivity contribution < 1.29 is 14.3 Å². The van der Waals surface area contributed by atoms with Gasteiger partial charge >= 0.3 is 0 Å². The molecule has 0 spiro atoms. The number of carbonyl (C=O) groups excluding carboxylic acids is 1. The summed E-state index contributed by atoms with van der Waals surface area (Å²) in [5.74, 6) is 1.51. The van der Waals surface area contributed by atoms with Gasteiger partial charge < -0.3 is 14.4 Å². The normalized spacial score (nSPS) is 18.6. The van der Waals surface area contributed by atoms with E-state index in [-0.39, 0.29) is 5.91 Å². The van der Waals surface area contributed by atoms with Gasteiger partial charge in [0, 0.05) is 19.7 Å². The van der Waals surface area contributed by atoms with Crippen molar-refractivity contribution in [2.24, 2.45) is 5.92 Å². The molecule has 1 fully saturated rings. The van der Waals surface area contributed by atoms with E-state index in [1.165, 1.54) is 0 Å². The number of benzene rings is 1. The van der Waals surface area contributed by atoms with Gasteiger partial charge in [-0.15, -0.1) is 0 Å². The fraction of sp³-hybridized carbons (Fsp3) is 0.588. The molecule has 1 aromatic rings. The van der Waals surface area contributed by atoms with Gasteiger partial charge in [0.25, 0.3) is 0 Å². The molecule has 0 aromatic heterocycles. The molecule has 116 valence electrons. The van der Waals surface area contributed by atoms with Crippen molar-refractivity contribution >= 4 is 5.91 Å². The molecule has 0 N–H and O–H groups in total. The Labute approximate surface area is 127 Å². The maximum Gasteiger partial charge on any atom is 0.226 e. The quantitative estimate of drug-likeness (QED) is 0.808. The molecule has 1 heterocycles. The molecule has 1 atom stereocenters. The molecule has 2 rings (SSSR count). The molecule has 1 unspecified atom stereocenters. The van der Waals surface area contributed by atoms with Crippen LogP contribution in [0.1, 0.15) is 25.3 Å². The van der Waals surface area contributed by atoms with Crippen LogP contribution in [0.25, 0.3) is 0 Å². The molecule has 1 amide bonds. The molecule has 0 saturated carbocycles. The Balaban J connectivity index is 1.86. The van der Waals surface area contributed by atoms with Crippen molar-refractivity contribution in [3.8, 4) is 5.75 Å². The van der Waals surface area contributed by atoms with Crippen LogP contribution in [-0.2, 0) is 16.0 Å². The fourth-order valence-corrected chi connectivity index (χ4v) is 2.74. The molecule has 1 aliphatic rings. The summed E-state index contributed by atoms with van der Waals surface area (Å²) in [5, 5.41) is 0. The summed E-state index contributed by atoms with van der Waals surface area (Å²) in [6.45, 7) is 5.22. The highest BCUT2D eigenvalue weighted by Crippen LogP contribution is 2.18. The Morgan fingerprint density at radius 2 is 2.10 bits per heavy atom. The van der Waals surface area contributed by atoms with Crippen LogP contribution in [0, 0.1) is 5.92 Å². The lowest BCUT2D eigenvalue weighted by Crippen LogP contribution is -2.42. The Bertz CT molecular complexity index is 444. The summed E-state index contributed by atoms with van der Waals surface area (Å²) in [6.07, 6.45) is 2.70. The van der Waals surface area contributed by atoms with Crippen LogP contribution in [0.15, 0.2) is 24.3 Å². The molecule has 4 heteroatoms. The number of carbonyl (C=O) groups is 1. The van der Waals surface area contributed by atoms with Crippen LogP contribution >= 0.6 is 0 Å². The van der Waals surface area contributed by atoms with Crippen molar-refractivity contribution in [1.82, 2.24) is 4.90 Å². The minimum absolute atomic E-state index is 0.210. The molecule has 1 aromatic carbocycles. The summed E-state index contributed by atoms with van der Waals surface area (Å²) in [5.41, 5.74) is 1.03. The first-order valence-electron chi connectivity index (χ1n) is 7.71. The van der Waals surface area contributed by atoms with Gasteiger partial charge in [-0.05, 0) is 43.4 Å². The first kappa shape index (κ1) is 15.8. The summed E-state index contributed by atoms with van der Waals surface area (Å²) in [6, 6.07) is 7.71. The molecular formula is C17H25NO3. The third kappa shape index (κ3) is 4.74. The van der Waals surface area contributed by atoms with Crippen LogP contribution in [0.2, 0.25) is 0 Å². The lowest BCUT2D eigenvalue weighted by Gasteiger charge is -2.32. The lowest BCUT2D eigenvalue weighted by atomic mass is 9.98. The molecule has 0 bridgehead atoms. The standard InChI is InChI=1S/C17H25NO3/c1-3-21-13-15-5-4-10-18(12-15)17(19)11-14-6-8-16(20-2)9-7-14/h6-9,15H,3-5,10-13H2,1-2H3. The average molecular weight is 291 g/mol. The van der Waals surface area contributed by atoms with Crippen molar-refractivity contribution in [3.05, 3.63) is 29.8 Å². The van der Waals surface area contributed by atoms with Gasteiger partial charge in [0.1, 0.15) is 5.75 Å². The monoisotopic (exact) mass is 291 g/mol. The number of hydrogen-bond donors (Lipinski definition) is 0. The zero-order chi connectivity index (χ0) is 15.1. The van der Waals surface area contributed by atoms with E-state index in [1.54, 1.807) is 7.11 Å². The molecule has 0 radical (unpaired) electrons. The van der Waals surface area contributed by atoms with E-state index in [2.05, 4.69) is 0 Å². The van der Waals surface area contributed by atoms with Gasteiger partial charge in [-0.25, -0.2) is 0 Å². The fourth-order valence-electron chi connectivity index (χ4n) is 2.74. The number of amides is 1. The first-order chi connectivity index (χ1) is 10.2. The minimum Gasteiger partial charge on any atom is -0.497 e. The number of piperidine rings is 1. The summed E-state index contributed by atoms with van der Waals surface area (Å²) in [7, 11) is 1.65. The van der Waals surface area contributed by atoms with E-state index in [0.29, 0.717) is 12.3 Å². The van der Waals surface area contributed by atoms with E-state index in [4.69, 9.17) is 9.47 Å². The zero-order valence-corrected chi connectivity index (χ0v) is 13.0. The molecule has 0 aliphatic carbocycles. The summed E-state index contributed by atoms with van der Waals surface area (Å²) >= 11 is 0. The predicted octanol–water partition coefficient (Wildman–Crippen LogP) is 2.51. The minimum atomic E-state index is 0.210. The Hall–Kier alpha value is -1.55. The highest BCUT2D eigenvalue weighted by Gasteiger charge is 2.23. The molecule has 1 aliphatic heterocycles. The second-order valence-corrected chi connectivity index (χ2v) is 5.53. The van der Waals surface area contributed by atoms with Gasteiger partial charge in [-0.2, -0.15) is 0 Å². The van der Waals surface area contributed by atoms with Crippen molar-refractivity contribution in [2.45, 2.75) is 26.2 Å². The van der Waals surface area contributed by atoms with Crippen LogP contribution in [0.3, 0.4) is 0 Å². The highest BCUT2D eigenvalue weighted by molar-refractivity contribution is 5.78. The van der Waals surface area contributed by atoms with E-state index in [0.717, 1.165) is 50.5 Å². The number of hydrogen-bond acceptors (Lipinski definition) is 3. The smallest absolute Gasteiger partial charge is 0.226 e. The zero-order valence-electron chi connectivity index (χ0n) is 13.0. The summed E-state index contributed by atoms with van der Waals surface area (Å²) < 4.78 is 10.6. The number of likely N-dealkylation sites (tertiary alicyclic amines) is 1. The van der Waals surface area contributed by atoms with Crippen LogP contribution in [-0.4, -0.2) is 44.2 Å². The molecular weight excluding hydrogens is 266 g/mol. The van der Waals surface area contributed by atoms with Crippen LogP contribution in [0.5, 0.6) is 5.75 Å². The number of rotatable bonds is 6. The average Bonchev–Trinajstić information content (AvgIpc) is 2.54. The van der Waals surface area contributed by atoms with Gasteiger partial charge in [0.15, 0.2) is 0 Å². The molecule has 21 heavy (non-hydrogen) atoms. The first-order valence-corrected chi connectivity index (χ1v) is 7.71. The van der Waals surface area contributed by atoms with E-state index in [9.17, 15) is 4.79 Å². The van der Waals surface area contributed by atoms with Crippen LogP contribution in [0.4, 0.5) is 0 Å². The predicted molar refractivity (Wildman–Crippen MR) is 82.5 cm³/mol. The van der Waals surface area contributed by atoms with Crippen molar-refractivity contribution in [1.29, 1.82) is 0 Å². The Kier molecular flexibility index (Phi) is 6.05. The lowest BCUT2D eigenvalue weighted by molar-refractivity contribution is -0.132. The maximum absolute atomic E-state index is 12.4. The van der Waals surface area contributed by atoms with Gasteiger partial charge in [-0.3, -0.25) is 4.79 Å². The SMILES string of the molecule is CCOCC1CCCN(C(=O)Cc2ccc(OC)cc2)C1. The van der Waals surface area contributed by atoms with Gasteiger partial charge in [0.2, 0.25) is 5.91 Å². The van der Waals surface area contributed by atoms with Crippen LogP contribution < -0.4 is 4.74 Å². The number of ether oxygens (including phenoxy) is 2. The van der Waals surface area contributed by atoms with Crippen molar-refractivity contribution in [2.75, 3.05) is 33.4 Å². The Morgan fingerprint density at radius 1 is 1.33 bits per heavy atom. The third-order valence-electron chi connectivity index (χ3n) is 3.94. The second kappa shape index (κ2) is 8.03. The largest absolute Gasteiger partial charge is 0.497 e. The highest BCUT2D eigenvalue weighted by atomic mass is 16.5. The van der Waals surface area contributed by atoms with E-state index >= 15 is 0 Å².